The lowest BCUT2D eigenvalue weighted by molar-refractivity contribution is 0.102. The molecule has 1 aromatic carbocycles. The molecule has 8 heteroatoms. The number of hydrogen-bond donors (Lipinski definition) is 3. The van der Waals surface area contributed by atoms with E-state index in [9.17, 15) is 4.79 Å². The Hall–Kier alpha value is -4.46. The molecule has 4 heterocycles. The minimum atomic E-state index is -0.303. The van der Waals surface area contributed by atoms with Crippen molar-refractivity contribution in [2.75, 3.05) is 10.6 Å². The molecular weight excluding hydrogens is 402 g/mol. The van der Waals surface area contributed by atoms with E-state index in [2.05, 4.69) is 25.6 Å². The highest BCUT2D eigenvalue weighted by atomic mass is 16.1. The summed E-state index contributed by atoms with van der Waals surface area (Å²) in [7, 11) is 0. The van der Waals surface area contributed by atoms with Crippen LogP contribution in [0.4, 0.5) is 17.2 Å². The summed E-state index contributed by atoms with van der Waals surface area (Å²) in [5, 5.41) is 6.08. The minimum absolute atomic E-state index is 0.296. The topological polar surface area (TPSA) is 100 Å². The Morgan fingerprint density at radius 3 is 2.69 bits per heavy atom. The van der Waals surface area contributed by atoms with E-state index >= 15 is 0 Å². The third-order valence-corrected chi connectivity index (χ3v) is 5.12. The summed E-state index contributed by atoms with van der Waals surface area (Å²) >= 11 is 0. The number of nitrogens with one attached hydrogen (secondary N) is 3. The molecule has 1 amide bonds. The van der Waals surface area contributed by atoms with Crippen molar-refractivity contribution in [1.82, 2.24) is 24.3 Å². The summed E-state index contributed by atoms with van der Waals surface area (Å²) in [5.41, 5.74) is 6.41. The number of imidazole rings is 2. The average molecular weight is 423 g/mol. The molecule has 0 unspecified atom stereocenters. The fourth-order valence-electron chi connectivity index (χ4n) is 3.52. The predicted octanol–water partition coefficient (Wildman–Crippen LogP) is 4.73. The number of anilines is 3. The van der Waals surface area contributed by atoms with Crippen LogP contribution in [0.25, 0.3) is 16.9 Å². The first-order valence-electron chi connectivity index (χ1n) is 10.1. The molecule has 0 aliphatic heterocycles. The van der Waals surface area contributed by atoms with Gasteiger partial charge >= 0.3 is 0 Å². The largest absolute Gasteiger partial charge is 0.339 e. The number of amides is 1. The van der Waals surface area contributed by atoms with E-state index in [1.807, 2.05) is 73.1 Å². The Kier molecular flexibility index (Phi) is 4.87. The van der Waals surface area contributed by atoms with Crippen LogP contribution < -0.4 is 10.6 Å². The van der Waals surface area contributed by atoms with Gasteiger partial charge in [0.15, 0.2) is 5.69 Å². The van der Waals surface area contributed by atoms with Crippen LogP contribution in [0.3, 0.4) is 0 Å². The predicted molar refractivity (Wildman–Crippen MR) is 124 cm³/mol. The second-order valence-electron chi connectivity index (χ2n) is 7.58. The van der Waals surface area contributed by atoms with Crippen LogP contribution in [-0.4, -0.2) is 30.2 Å². The van der Waals surface area contributed by atoms with Crippen LogP contribution >= 0.6 is 0 Å². The van der Waals surface area contributed by atoms with Crippen LogP contribution in [0, 0.1) is 13.8 Å². The van der Waals surface area contributed by atoms with E-state index in [0.717, 1.165) is 28.0 Å². The first kappa shape index (κ1) is 19.5. The maximum absolute atomic E-state index is 12.9. The smallest absolute Gasteiger partial charge is 0.276 e. The lowest BCUT2D eigenvalue weighted by atomic mass is 10.1. The number of nitrogens with zero attached hydrogens (tertiary/aromatic N) is 4. The van der Waals surface area contributed by atoms with Gasteiger partial charge in [0.2, 0.25) is 0 Å². The first-order valence-corrected chi connectivity index (χ1v) is 10.1. The van der Waals surface area contributed by atoms with Gasteiger partial charge in [-0.15, -0.1) is 0 Å². The highest BCUT2D eigenvalue weighted by Crippen LogP contribution is 2.24. The van der Waals surface area contributed by atoms with Gasteiger partial charge in [0.1, 0.15) is 11.5 Å². The number of aryl methyl sites for hydroxylation is 2. The molecule has 8 nitrogen and oxygen atoms in total. The van der Waals surface area contributed by atoms with E-state index in [-0.39, 0.29) is 5.91 Å². The van der Waals surface area contributed by atoms with Gasteiger partial charge in [-0.05, 0) is 49.2 Å². The molecule has 5 rings (SSSR count). The maximum atomic E-state index is 12.9. The third-order valence-electron chi connectivity index (χ3n) is 5.12. The standard InChI is InChI=1S/C24H21N7O/c1-15-10-19(29-21-12-25-14-27-21)22(26-11-15)24(32)28-18-7-5-17(6-8-18)20-13-31-9-3-4-16(2)23(31)30-20/h3-14,29H,1-2H3,(H,25,27)(H,28,32). The zero-order chi connectivity index (χ0) is 22.1. The van der Waals surface area contributed by atoms with E-state index in [1.54, 1.807) is 18.7 Å². The molecule has 0 bridgehead atoms. The summed E-state index contributed by atoms with van der Waals surface area (Å²) in [4.78, 5) is 28.9. The van der Waals surface area contributed by atoms with Gasteiger partial charge < -0.3 is 20.0 Å². The number of benzene rings is 1. The van der Waals surface area contributed by atoms with Crippen LogP contribution in [0.1, 0.15) is 21.6 Å². The molecule has 4 aromatic heterocycles. The summed E-state index contributed by atoms with van der Waals surface area (Å²) < 4.78 is 2.01. The molecule has 32 heavy (non-hydrogen) atoms. The number of carbonyl (C=O) groups is 1. The van der Waals surface area contributed by atoms with Crippen molar-refractivity contribution in [1.29, 1.82) is 0 Å². The Labute approximate surface area is 184 Å². The zero-order valence-corrected chi connectivity index (χ0v) is 17.6. The molecule has 5 aromatic rings. The number of H-pyrrole nitrogens is 1. The molecule has 0 radical (unpaired) electrons. The van der Waals surface area contributed by atoms with Gasteiger partial charge in [-0.25, -0.2) is 15.0 Å². The van der Waals surface area contributed by atoms with Gasteiger partial charge in [0.05, 0.1) is 23.9 Å². The monoisotopic (exact) mass is 423 g/mol. The number of aromatic nitrogens is 5. The van der Waals surface area contributed by atoms with Crippen LogP contribution in [0.2, 0.25) is 0 Å². The lowest BCUT2D eigenvalue weighted by Gasteiger charge is -2.11. The second-order valence-corrected chi connectivity index (χ2v) is 7.58. The molecule has 0 aliphatic carbocycles. The van der Waals surface area contributed by atoms with E-state index in [1.165, 1.54) is 0 Å². The zero-order valence-electron chi connectivity index (χ0n) is 17.6. The maximum Gasteiger partial charge on any atom is 0.276 e. The van der Waals surface area contributed by atoms with Gasteiger partial charge in [-0.2, -0.15) is 0 Å². The molecule has 0 fully saturated rings. The fourth-order valence-corrected chi connectivity index (χ4v) is 3.52. The first-order chi connectivity index (χ1) is 15.6. The number of hydrogen-bond acceptors (Lipinski definition) is 5. The summed E-state index contributed by atoms with van der Waals surface area (Å²) in [6, 6.07) is 13.5. The lowest BCUT2D eigenvalue weighted by Crippen LogP contribution is -2.16. The second kappa shape index (κ2) is 7.99. The average Bonchev–Trinajstić information content (AvgIpc) is 3.45. The molecule has 0 spiro atoms. The Morgan fingerprint density at radius 2 is 1.94 bits per heavy atom. The summed E-state index contributed by atoms with van der Waals surface area (Å²) in [6.45, 7) is 3.96. The van der Waals surface area contributed by atoms with Gasteiger partial charge in [0, 0.05) is 29.8 Å². The quantitative estimate of drug-likeness (QED) is 0.379. The molecule has 0 saturated carbocycles. The van der Waals surface area contributed by atoms with E-state index in [0.29, 0.717) is 22.9 Å². The number of carbonyl (C=O) groups excluding carboxylic acids is 1. The minimum Gasteiger partial charge on any atom is -0.339 e. The van der Waals surface area contributed by atoms with Crippen LogP contribution in [0.5, 0.6) is 0 Å². The van der Waals surface area contributed by atoms with Crippen molar-refractivity contribution in [2.24, 2.45) is 0 Å². The molecular formula is C24H21N7O. The normalized spacial score (nSPS) is 10.9. The van der Waals surface area contributed by atoms with Crippen LogP contribution in [0.15, 0.2) is 73.6 Å². The number of fused-ring (bicyclic) bond motifs is 1. The van der Waals surface area contributed by atoms with Gasteiger partial charge in [-0.1, -0.05) is 18.2 Å². The van der Waals surface area contributed by atoms with Crippen molar-refractivity contribution in [3.05, 3.63) is 90.4 Å². The van der Waals surface area contributed by atoms with Crippen molar-refractivity contribution in [3.8, 4) is 11.3 Å². The van der Waals surface area contributed by atoms with Crippen molar-refractivity contribution in [2.45, 2.75) is 13.8 Å². The molecule has 158 valence electrons. The Morgan fingerprint density at radius 1 is 1.09 bits per heavy atom. The highest BCUT2D eigenvalue weighted by Gasteiger charge is 2.15. The molecule has 0 saturated heterocycles. The van der Waals surface area contributed by atoms with Gasteiger partial charge in [-0.3, -0.25) is 4.79 Å². The summed E-state index contributed by atoms with van der Waals surface area (Å²) in [6.07, 6.45) is 8.86. The third kappa shape index (κ3) is 3.81. The van der Waals surface area contributed by atoms with Gasteiger partial charge in [0.25, 0.3) is 5.91 Å². The number of aromatic amines is 1. The van der Waals surface area contributed by atoms with Crippen molar-refractivity contribution < 1.29 is 4.79 Å². The van der Waals surface area contributed by atoms with Crippen molar-refractivity contribution >= 4 is 28.7 Å². The molecule has 0 atom stereocenters. The number of pyridine rings is 2. The van der Waals surface area contributed by atoms with Crippen LogP contribution in [-0.2, 0) is 0 Å². The Balaban J connectivity index is 1.36. The fraction of sp³-hybridized carbons (Fsp3) is 0.0833. The van der Waals surface area contributed by atoms with E-state index in [4.69, 9.17) is 4.98 Å². The molecule has 0 aliphatic rings. The number of rotatable bonds is 5. The highest BCUT2D eigenvalue weighted by molar-refractivity contribution is 6.07. The Bertz CT molecular complexity index is 1400. The van der Waals surface area contributed by atoms with Crippen molar-refractivity contribution in [3.63, 3.8) is 0 Å². The molecule has 3 N–H and O–H groups in total. The summed E-state index contributed by atoms with van der Waals surface area (Å²) in [5.74, 6) is 0.376. The SMILES string of the molecule is Cc1cnc(C(=O)Nc2ccc(-c3cn4cccc(C)c4n3)cc2)c(Nc2cnc[nH]2)c1. The van der Waals surface area contributed by atoms with E-state index < -0.39 is 0 Å².